The average Bonchev–Trinajstić information content (AvgIpc) is 2.93. The van der Waals surface area contributed by atoms with E-state index in [0.29, 0.717) is 5.41 Å². The minimum absolute atomic E-state index is 0.702. The van der Waals surface area contributed by atoms with E-state index in [1.165, 1.54) is 17.5 Å². The molecule has 0 radical (unpaired) electrons. The van der Waals surface area contributed by atoms with Crippen molar-refractivity contribution in [3.05, 3.63) is 108 Å². The van der Waals surface area contributed by atoms with Crippen LogP contribution in [0, 0.1) is 42.9 Å². The van der Waals surface area contributed by atoms with E-state index >= 15 is 0 Å². The number of benzene rings is 3. The number of hydrogen-bond donors (Lipinski definition) is 0. The molecule has 0 unspecified atom stereocenters. The van der Waals surface area contributed by atoms with Gasteiger partial charge in [-0.3, -0.25) is 0 Å². The van der Waals surface area contributed by atoms with Crippen LogP contribution in [0.4, 0.5) is 0 Å². The number of aryl methyl sites for hydroxylation is 2. The number of hydrogen-bond acceptors (Lipinski definition) is 1. The summed E-state index contributed by atoms with van der Waals surface area (Å²) < 4.78 is 4.25. The zero-order chi connectivity index (χ0) is 28.2. The Labute approximate surface area is 236 Å². The van der Waals surface area contributed by atoms with E-state index in [1.807, 2.05) is 72.8 Å². The van der Waals surface area contributed by atoms with Gasteiger partial charge in [-0.15, -0.1) is 0 Å². The van der Waals surface area contributed by atoms with E-state index in [-0.39, 0.29) is 0 Å². The third-order valence-electron chi connectivity index (χ3n) is 8.00. The van der Waals surface area contributed by atoms with Gasteiger partial charge in [0.05, 0.1) is 0 Å². The van der Waals surface area contributed by atoms with Crippen molar-refractivity contribution in [3.63, 3.8) is 0 Å². The van der Waals surface area contributed by atoms with E-state index in [4.69, 9.17) is 0 Å². The Hall–Kier alpha value is -2.38. The van der Waals surface area contributed by atoms with E-state index in [9.17, 15) is 0 Å². The van der Waals surface area contributed by atoms with Crippen LogP contribution in [0.1, 0.15) is 77.3 Å². The lowest BCUT2D eigenvalue weighted by atomic mass is 9.46. The van der Waals surface area contributed by atoms with Crippen LogP contribution in [-0.2, 0) is 4.74 Å². The van der Waals surface area contributed by atoms with E-state index in [0.717, 1.165) is 23.7 Å². The molecule has 0 heterocycles. The van der Waals surface area contributed by atoms with Gasteiger partial charge in [-0.1, -0.05) is 131 Å². The van der Waals surface area contributed by atoms with Crippen molar-refractivity contribution >= 4 is 0 Å². The van der Waals surface area contributed by atoms with Crippen LogP contribution in [0.25, 0.3) is 0 Å². The third kappa shape index (κ3) is 12.9. The van der Waals surface area contributed by atoms with Crippen molar-refractivity contribution in [1.82, 2.24) is 0 Å². The molecule has 4 saturated carbocycles. The molecule has 1 nitrogen and oxygen atoms in total. The smallest absolute Gasteiger partial charge is 0.0351 e. The molecule has 0 spiro atoms. The Kier molecular flexibility index (Phi) is 17.4. The van der Waals surface area contributed by atoms with Gasteiger partial charge in [0.2, 0.25) is 0 Å². The predicted molar refractivity (Wildman–Crippen MR) is 169 cm³/mol. The molecule has 1 heteroatoms. The largest absolute Gasteiger partial charge is 0.388 e. The van der Waals surface area contributed by atoms with E-state index < -0.39 is 0 Å². The zero-order valence-corrected chi connectivity index (χ0v) is 25.7. The van der Waals surface area contributed by atoms with Gasteiger partial charge in [-0.05, 0) is 86.2 Å². The van der Waals surface area contributed by atoms with Crippen LogP contribution >= 0.6 is 0 Å². The van der Waals surface area contributed by atoms with Gasteiger partial charge >= 0.3 is 0 Å². The molecule has 4 aliphatic rings. The highest BCUT2D eigenvalue weighted by Gasteiger charge is 2.52. The maximum absolute atomic E-state index is 4.25. The molecule has 4 bridgehead atoms. The molecule has 7 rings (SSSR count). The summed E-state index contributed by atoms with van der Waals surface area (Å²) in [4.78, 5) is 0. The second kappa shape index (κ2) is 19.7. The van der Waals surface area contributed by atoms with Gasteiger partial charge in [0.1, 0.15) is 0 Å². The molecule has 38 heavy (non-hydrogen) atoms. The lowest BCUT2D eigenvalue weighted by molar-refractivity contribution is -0.0876. The molecule has 0 saturated heterocycles. The molecule has 0 N–H and O–H groups in total. The van der Waals surface area contributed by atoms with Crippen molar-refractivity contribution < 1.29 is 4.74 Å². The summed E-state index contributed by atoms with van der Waals surface area (Å²) in [6.45, 7) is 13.5. The van der Waals surface area contributed by atoms with Crippen molar-refractivity contribution in [2.75, 3.05) is 14.2 Å². The Morgan fingerprint density at radius 2 is 0.789 bits per heavy atom. The Morgan fingerprint density at radius 3 is 1.00 bits per heavy atom. The third-order valence-corrected chi connectivity index (χ3v) is 8.00. The number of ether oxygens (including phenoxy) is 1. The first-order valence-corrected chi connectivity index (χ1v) is 14.7. The summed E-state index contributed by atoms with van der Waals surface area (Å²) in [7, 11) is 3.25. The second-order valence-corrected chi connectivity index (χ2v) is 11.6. The van der Waals surface area contributed by atoms with Crippen LogP contribution in [-0.4, -0.2) is 14.2 Å². The highest BCUT2D eigenvalue weighted by Crippen LogP contribution is 2.61. The molecule has 0 amide bonds. The standard InChI is InChI=1S/C12H20.C8H10.2C6H6.C3H8.C2H6O/c1-12(2)10-4-8-3-9(6-10)7-11(12)5-8;1-7-5-3-4-6-8(7)2;2*1-2-4-6-5-3-1;2*1-3-2/h8-11H,3-7H2,1-2H3;3-6H,1-2H3;2*1-6H;3H2,1-2H3;1-2H3. The van der Waals surface area contributed by atoms with Crippen molar-refractivity contribution in [2.45, 2.75) is 80.1 Å². The maximum atomic E-state index is 4.25. The summed E-state index contributed by atoms with van der Waals surface area (Å²) in [5.74, 6) is 4.46. The van der Waals surface area contributed by atoms with Crippen molar-refractivity contribution in [2.24, 2.45) is 29.1 Å². The molecular weight excluding hydrogens is 460 g/mol. The highest BCUT2D eigenvalue weighted by molar-refractivity contribution is 5.23. The van der Waals surface area contributed by atoms with Gasteiger partial charge in [-0.25, -0.2) is 0 Å². The Balaban J connectivity index is 0.000000246. The second-order valence-electron chi connectivity index (χ2n) is 11.6. The van der Waals surface area contributed by atoms with Crippen LogP contribution in [0.2, 0.25) is 0 Å². The first-order chi connectivity index (χ1) is 18.3. The molecule has 4 fully saturated rings. The molecular formula is C37H56O. The van der Waals surface area contributed by atoms with Crippen LogP contribution in [0.15, 0.2) is 97.1 Å². The molecule has 210 valence electrons. The normalized spacial score (nSPS) is 22.6. The quantitative estimate of drug-likeness (QED) is 0.289. The lowest BCUT2D eigenvalue weighted by Crippen LogP contribution is -2.49. The van der Waals surface area contributed by atoms with Gasteiger partial charge in [0.25, 0.3) is 0 Å². The summed E-state index contributed by atoms with van der Waals surface area (Å²) in [5, 5.41) is 0. The lowest BCUT2D eigenvalue weighted by Gasteiger charge is -2.59. The summed E-state index contributed by atoms with van der Waals surface area (Å²) in [6.07, 6.45) is 9.11. The fraction of sp³-hybridized carbons (Fsp3) is 0.514. The predicted octanol–water partition coefficient (Wildman–Crippen LogP) is 10.8. The van der Waals surface area contributed by atoms with Crippen LogP contribution < -0.4 is 0 Å². The van der Waals surface area contributed by atoms with Crippen molar-refractivity contribution in [3.8, 4) is 0 Å². The molecule has 0 aliphatic heterocycles. The monoisotopic (exact) mass is 516 g/mol. The fourth-order valence-corrected chi connectivity index (χ4v) is 5.83. The van der Waals surface area contributed by atoms with Gasteiger partial charge in [-0.2, -0.15) is 0 Å². The maximum Gasteiger partial charge on any atom is 0.0351 e. The van der Waals surface area contributed by atoms with Crippen LogP contribution in [0.3, 0.4) is 0 Å². The number of methoxy groups -OCH3 is 1. The Morgan fingerprint density at radius 1 is 0.553 bits per heavy atom. The minimum Gasteiger partial charge on any atom is -0.388 e. The topological polar surface area (TPSA) is 9.23 Å². The molecule has 4 aliphatic carbocycles. The number of rotatable bonds is 0. The molecule has 0 atom stereocenters. The fourth-order valence-electron chi connectivity index (χ4n) is 5.83. The van der Waals surface area contributed by atoms with Gasteiger partial charge in [0, 0.05) is 14.2 Å². The van der Waals surface area contributed by atoms with Crippen LogP contribution in [0.5, 0.6) is 0 Å². The molecule has 0 aromatic heterocycles. The molecule has 3 aromatic rings. The minimum atomic E-state index is 0.702. The molecule has 3 aromatic carbocycles. The highest BCUT2D eigenvalue weighted by atomic mass is 16.4. The van der Waals surface area contributed by atoms with Crippen molar-refractivity contribution in [1.29, 1.82) is 0 Å². The summed E-state index contributed by atoms with van der Waals surface area (Å²) in [5.41, 5.74) is 3.44. The van der Waals surface area contributed by atoms with Gasteiger partial charge < -0.3 is 4.74 Å². The first-order valence-electron chi connectivity index (χ1n) is 14.7. The van der Waals surface area contributed by atoms with Gasteiger partial charge in [0.15, 0.2) is 0 Å². The first kappa shape index (κ1) is 33.6. The van der Waals surface area contributed by atoms with E-state index in [1.54, 1.807) is 46.3 Å². The summed E-state index contributed by atoms with van der Waals surface area (Å²) >= 11 is 0. The SMILES string of the molecule is CC1(C)C2CC3CC(C2)CC1C3.CCC.COC.Cc1ccccc1C.c1ccccc1.c1ccccc1. The zero-order valence-electron chi connectivity index (χ0n) is 25.7. The Bertz CT molecular complexity index is 778. The average molecular weight is 517 g/mol. The van der Waals surface area contributed by atoms with E-state index in [2.05, 4.69) is 70.5 Å². The summed E-state index contributed by atoms with van der Waals surface area (Å²) in [6, 6.07) is 32.4.